The molecule has 0 aliphatic carbocycles. The van der Waals surface area contributed by atoms with Crippen LogP contribution < -0.4 is 4.74 Å². The summed E-state index contributed by atoms with van der Waals surface area (Å²) in [6.45, 7) is 2.01. The van der Waals surface area contributed by atoms with Crippen molar-refractivity contribution in [3.8, 4) is 5.88 Å². The average Bonchev–Trinajstić information content (AvgIpc) is 2.55. The Hall–Kier alpha value is -1.68. The summed E-state index contributed by atoms with van der Waals surface area (Å²) >= 11 is 5.89. The van der Waals surface area contributed by atoms with Crippen LogP contribution in [-0.2, 0) is 11.8 Å². The minimum atomic E-state index is -0.704. The van der Waals surface area contributed by atoms with E-state index < -0.39 is 6.16 Å². The van der Waals surface area contributed by atoms with Crippen molar-refractivity contribution in [2.45, 2.75) is 6.92 Å². The van der Waals surface area contributed by atoms with Gasteiger partial charge >= 0.3 is 6.16 Å². The van der Waals surface area contributed by atoms with E-state index in [0.717, 1.165) is 10.9 Å². The monoisotopic (exact) mass is 253 g/mol. The molecule has 0 aliphatic heterocycles. The highest BCUT2D eigenvalue weighted by Gasteiger charge is 2.11. The maximum absolute atomic E-state index is 11.2. The Labute approximate surface area is 104 Å². The lowest BCUT2D eigenvalue weighted by Gasteiger charge is -2.04. The van der Waals surface area contributed by atoms with Crippen molar-refractivity contribution in [2.24, 2.45) is 7.05 Å². The first-order valence-corrected chi connectivity index (χ1v) is 5.59. The number of rotatable bonds is 2. The molecular formula is C12H12ClNO3. The summed E-state index contributed by atoms with van der Waals surface area (Å²) in [5.41, 5.74) is 0.939. The van der Waals surface area contributed by atoms with Gasteiger partial charge in [-0.15, -0.1) is 0 Å². The lowest BCUT2D eigenvalue weighted by atomic mass is 10.2. The number of aryl methyl sites for hydroxylation is 1. The Morgan fingerprint density at radius 2 is 2.18 bits per heavy atom. The molecule has 5 heteroatoms. The van der Waals surface area contributed by atoms with E-state index in [1.165, 1.54) is 0 Å². The first-order chi connectivity index (χ1) is 8.11. The van der Waals surface area contributed by atoms with Crippen molar-refractivity contribution >= 4 is 28.7 Å². The van der Waals surface area contributed by atoms with Gasteiger partial charge in [0.05, 0.1) is 12.1 Å². The number of fused-ring (bicyclic) bond motifs is 1. The topological polar surface area (TPSA) is 40.5 Å². The Morgan fingerprint density at radius 1 is 1.41 bits per heavy atom. The molecule has 1 aromatic heterocycles. The van der Waals surface area contributed by atoms with Crippen LogP contribution in [0.15, 0.2) is 24.3 Å². The lowest BCUT2D eigenvalue weighted by Crippen LogP contribution is -2.11. The fourth-order valence-corrected chi connectivity index (χ4v) is 1.81. The van der Waals surface area contributed by atoms with Crippen molar-refractivity contribution in [3.05, 3.63) is 29.3 Å². The molecule has 4 nitrogen and oxygen atoms in total. The zero-order chi connectivity index (χ0) is 12.4. The van der Waals surface area contributed by atoms with Crippen molar-refractivity contribution in [2.75, 3.05) is 6.61 Å². The lowest BCUT2D eigenvalue weighted by molar-refractivity contribution is 0.101. The van der Waals surface area contributed by atoms with Crippen molar-refractivity contribution < 1.29 is 14.3 Å². The summed E-state index contributed by atoms with van der Waals surface area (Å²) in [6, 6.07) is 7.22. The summed E-state index contributed by atoms with van der Waals surface area (Å²) in [7, 11) is 1.81. The third-order valence-electron chi connectivity index (χ3n) is 2.41. The van der Waals surface area contributed by atoms with Gasteiger partial charge in [0.15, 0.2) is 0 Å². The Morgan fingerprint density at radius 3 is 2.88 bits per heavy atom. The molecule has 1 heterocycles. The van der Waals surface area contributed by atoms with Gasteiger partial charge < -0.3 is 14.0 Å². The van der Waals surface area contributed by atoms with Crippen molar-refractivity contribution in [1.82, 2.24) is 4.57 Å². The highest BCUT2D eigenvalue weighted by Crippen LogP contribution is 2.26. The van der Waals surface area contributed by atoms with Gasteiger partial charge in [-0.3, -0.25) is 0 Å². The summed E-state index contributed by atoms with van der Waals surface area (Å²) < 4.78 is 11.6. The van der Waals surface area contributed by atoms with Crippen molar-refractivity contribution in [1.29, 1.82) is 0 Å². The summed E-state index contributed by atoms with van der Waals surface area (Å²) in [6.07, 6.45) is -0.704. The molecule has 0 aliphatic rings. The van der Waals surface area contributed by atoms with Crippen LogP contribution in [0.4, 0.5) is 4.79 Å². The van der Waals surface area contributed by atoms with Crippen LogP contribution in [0.25, 0.3) is 10.9 Å². The van der Waals surface area contributed by atoms with Gasteiger partial charge in [-0.2, -0.15) is 0 Å². The van der Waals surface area contributed by atoms with E-state index >= 15 is 0 Å². The van der Waals surface area contributed by atoms with Gasteiger partial charge in [-0.1, -0.05) is 11.6 Å². The van der Waals surface area contributed by atoms with E-state index in [-0.39, 0.29) is 6.61 Å². The molecule has 0 amide bonds. The first kappa shape index (κ1) is 11.8. The molecule has 0 fully saturated rings. The third kappa shape index (κ3) is 2.36. The number of ether oxygens (including phenoxy) is 2. The van der Waals surface area contributed by atoms with Gasteiger partial charge in [-0.25, -0.2) is 4.79 Å². The van der Waals surface area contributed by atoms with Gasteiger partial charge in [0, 0.05) is 23.5 Å². The molecule has 0 radical (unpaired) electrons. The van der Waals surface area contributed by atoms with Gasteiger partial charge in [0.2, 0.25) is 5.88 Å². The molecule has 90 valence electrons. The molecule has 17 heavy (non-hydrogen) atoms. The van der Waals surface area contributed by atoms with E-state index in [1.54, 1.807) is 23.6 Å². The quantitative estimate of drug-likeness (QED) is 0.771. The van der Waals surface area contributed by atoms with Gasteiger partial charge in [0.25, 0.3) is 0 Å². The molecule has 0 atom stereocenters. The summed E-state index contributed by atoms with van der Waals surface area (Å²) in [5.74, 6) is 0.431. The normalized spacial score (nSPS) is 10.5. The fraction of sp³-hybridized carbons (Fsp3) is 0.250. The second-order valence-electron chi connectivity index (χ2n) is 3.53. The number of carbonyl (C=O) groups is 1. The van der Waals surface area contributed by atoms with Crippen LogP contribution >= 0.6 is 11.6 Å². The molecule has 0 spiro atoms. The molecule has 0 N–H and O–H groups in total. The van der Waals surface area contributed by atoms with Crippen LogP contribution in [0.2, 0.25) is 5.02 Å². The van der Waals surface area contributed by atoms with Crippen molar-refractivity contribution in [3.63, 3.8) is 0 Å². The maximum atomic E-state index is 11.2. The smallest absolute Gasteiger partial charge is 0.434 e. The van der Waals surface area contributed by atoms with Crippen LogP contribution in [0.1, 0.15) is 6.92 Å². The van der Waals surface area contributed by atoms with Crippen LogP contribution in [0.3, 0.4) is 0 Å². The Kier molecular flexibility index (Phi) is 3.24. The van der Waals surface area contributed by atoms with Gasteiger partial charge in [-0.05, 0) is 25.1 Å². The van der Waals surface area contributed by atoms with Crippen LogP contribution in [-0.4, -0.2) is 17.3 Å². The Balaban J connectivity index is 2.35. The third-order valence-corrected chi connectivity index (χ3v) is 2.65. The number of hydrogen-bond acceptors (Lipinski definition) is 3. The summed E-state index contributed by atoms with van der Waals surface area (Å²) in [4.78, 5) is 11.2. The number of nitrogens with zero attached hydrogens (tertiary/aromatic N) is 1. The number of hydrogen-bond donors (Lipinski definition) is 0. The Bertz CT molecular complexity index is 562. The van der Waals surface area contributed by atoms with E-state index in [0.29, 0.717) is 10.9 Å². The van der Waals surface area contributed by atoms with E-state index in [9.17, 15) is 4.79 Å². The standard InChI is InChI=1S/C12H12ClNO3/c1-3-16-12(15)17-11-7-8-6-9(13)4-5-10(8)14(11)2/h4-7H,3H2,1-2H3. The van der Waals surface area contributed by atoms with Crippen LogP contribution in [0.5, 0.6) is 5.88 Å². The zero-order valence-corrected chi connectivity index (χ0v) is 10.3. The molecular weight excluding hydrogens is 242 g/mol. The van der Waals surface area contributed by atoms with Gasteiger partial charge in [0.1, 0.15) is 0 Å². The number of aromatic nitrogens is 1. The van der Waals surface area contributed by atoms with E-state index in [1.807, 2.05) is 19.2 Å². The molecule has 0 saturated carbocycles. The average molecular weight is 254 g/mol. The van der Waals surface area contributed by atoms with Crippen LogP contribution in [0, 0.1) is 0 Å². The molecule has 0 saturated heterocycles. The highest BCUT2D eigenvalue weighted by molar-refractivity contribution is 6.31. The zero-order valence-electron chi connectivity index (χ0n) is 9.57. The molecule has 2 rings (SSSR count). The minimum Gasteiger partial charge on any atom is -0.434 e. The fourth-order valence-electron chi connectivity index (χ4n) is 1.63. The molecule has 1 aromatic carbocycles. The predicted molar refractivity (Wildman–Crippen MR) is 65.6 cm³/mol. The summed E-state index contributed by atoms with van der Waals surface area (Å²) in [5, 5.41) is 1.56. The number of carbonyl (C=O) groups excluding carboxylic acids is 1. The maximum Gasteiger partial charge on any atom is 0.515 e. The second kappa shape index (κ2) is 4.67. The SMILES string of the molecule is CCOC(=O)Oc1cc2cc(Cl)ccc2n1C. The molecule has 0 unspecified atom stereocenters. The number of halogens is 1. The highest BCUT2D eigenvalue weighted by atomic mass is 35.5. The largest absolute Gasteiger partial charge is 0.515 e. The first-order valence-electron chi connectivity index (χ1n) is 5.21. The minimum absolute atomic E-state index is 0.286. The predicted octanol–water partition coefficient (Wildman–Crippen LogP) is 3.37. The molecule has 0 bridgehead atoms. The van der Waals surface area contributed by atoms with E-state index in [2.05, 4.69) is 0 Å². The number of benzene rings is 1. The van der Waals surface area contributed by atoms with E-state index in [4.69, 9.17) is 21.1 Å². The molecule has 2 aromatic rings. The second-order valence-corrected chi connectivity index (χ2v) is 3.97.